The zero-order chi connectivity index (χ0) is 18.4. The molecule has 1 atom stereocenters. The van der Waals surface area contributed by atoms with Gasteiger partial charge in [-0.3, -0.25) is 9.59 Å². The molecule has 0 bridgehead atoms. The van der Waals surface area contributed by atoms with Gasteiger partial charge in [0.1, 0.15) is 0 Å². The van der Waals surface area contributed by atoms with Crippen LogP contribution in [0.4, 0.5) is 5.69 Å². The minimum absolute atomic E-state index is 0.0000376. The molecule has 1 amide bonds. The van der Waals surface area contributed by atoms with Gasteiger partial charge >= 0.3 is 0 Å². The highest BCUT2D eigenvalue weighted by molar-refractivity contribution is 8.77. The van der Waals surface area contributed by atoms with Gasteiger partial charge in [-0.25, -0.2) is 4.98 Å². The van der Waals surface area contributed by atoms with Gasteiger partial charge in [-0.05, 0) is 31.4 Å². The van der Waals surface area contributed by atoms with E-state index >= 15 is 0 Å². The van der Waals surface area contributed by atoms with Crippen LogP contribution in [0.15, 0.2) is 36.7 Å². The van der Waals surface area contributed by atoms with Gasteiger partial charge < -0.3 is 9.88 Å². The van der Waals surface area contributed by atoms with E-state index in [1.807, 2.05) is 21.6 Å². The summed E-state index contributed by atoms with van der Waals surface area (Å²) in [7, 11) is 5.73. The monoisotopic (exact) mass is 389 g/mol. The number of unbranched alkanes of at least 4 members (excludes halogenated alkanes) is 1. The smallest absolute Gasteiger partial charge is 0.228 e. The topological polar surface area (TPSA) is 64.0 Å². The largest absolute Gasteiger partial charge is 0.331 e. The number of amides is 1. The van der Waals surface area contributed by atoms with Gasteiger partial charge in [0.2, 0.25) is 11.7 Å². The summed E-state index contributed by atoms with van der Waals surface area (Å²) in [5.74, 6) is 1.49. The van der Waals surface area contributed by atoms with Gasteiger partial charge in [0.25, 0.3) is 0 Å². The first-order valence-corrected chi connectivity index (χ1v) is 11.2. The summed E-state index contributed by atoms with van der Waals surface area (Å²) in [4.78, 5) is 28.7. The Morgan fingerprint density at radius 2 is 2.23 bits per heavy atom. The lowest BCUT2D eigenvalue weighted by molar-refractivity contribution is -0.116. The minimum Gasteiger partial charge on any atom is -0.331 e. The highest BCUT2D eigenvalue weighted by Crippen LogP contribution is 2.39. The molecule has 1 N–H and O–H groups in total. The fourth-order valence-electron chi connectivity index (χ4n) is 2.90. The van der Waals surface area contributed by atoms with E-state index in [9.17, 15) is 9.59 Å². The Hall–Kier alpha value is -1.73. The highest BCUT2D eigenvalue weighted by Gasteiger charge is 2.16. The predicted octanol–water partition coefficient (Wildman–Crippen LogP) is 4.30. The zero-order valence-electron chi connectivity index (χ0n) is 14.8. The number of benzene rings is 1. The Morgan fingerprint density at radius 3 is 2.96 bits per heavy atom. The first-order chi connectivity index (χ1) is 12.6. The second kappa shape index (κ2) is 9.28. The molecule has 5 nitrogen and oxygen atoms in total. The lowest BCUT2D eigenvalue weighted by atomic mass is 10.1. The molecule has 1 aromatic heterocycles. The van der Waals surface area contributed by atoms with Crippen LogP contribution in [0.5, 0.6) is 0 Å². The van der Waals surface area contributed by atoms with Crippen LogP contribution in [0.2, 0.25) is 0 Å². The fraction of sp³-hybridized carbons (Fsp3) is 0.421. The van der Waals surface area contributed by atoms with Crippen molar-refractivity contribution in [3.63, 3.8) is 0 Å². The van der Waals surface area contributed by atoms with Crippen LogP contribution in [0, 0.1) is 0 Å². The predicted molar refractivity (Wildman–Crippen MR) is 109 cm³/mol. The van der Waals surface area contributed by atoms with Gasteiger partial charge in [-0.15, -0.1) is 0 Å². The Balaban J connectivity index is 1.49. The average Bonchev–Trinajstić information content (AvgIpc) is 3.30. The normalized spacial score (nSPS) is 16.6. The summed E-state index contributed by atoms with van der Waals surface area (Å²) in [6, 6.07) is 7.03. The maximum absolute atomic E-state index is 12.5. The molecule has 2 aromatic rings. The maximum Gasteiger partial charge on any atom is 0.228 e. The number of hydrogen-bond acceptors (Lipinski definition) is 5. The van der Waals surface area contributed by atoms with Crippen molar-refractivity contribution >= 4 is 39.0 Å². The second-order valence-corrected chi connectivity index (χ2v) is 9.18. The van der Waals surface area contributed by atoms with Gasteiger partial charge in [-0.2, -0.15) is 0 Å². The third-order valence-electron chi connectivity index (χ3n) is 4.34. The molecule has 7 heteroatoms. The molecule has 0 radical (unpaired) electrons. The van der Waals surface area contributed by atoms with Crippen molar-refractivity contribution in [2.45, 2.75) is 37.4 Å². The van der Waals surface area contributed by atoms with Crippen LogP contribution in [0.1, 0.15) is 48.3 Å². The van der Waals surface area contributed by atoms with Gasteiger partial charge in [0.05, 0.1) is 0 Å². The van der Waals surface area contributed by atoms with Crippen LogP contribution in [-0.2, 0) is 11.8 Å². The lowest BCUT2D eigenvalue weighted by Crippen LogP contribution is -2.13. The van der Waals surface area contributed by atoms with Crippen molar-refractivity contribution in [3.8, 4) is 0 Å². The molecule has 1 aliphatic heterocycles. The van der Waals surface area contributed by atoms with E-state index in [1.165, 1.54) is 18.6 Å². The molecular formula is C19H23N3O2S2. The van der Waals surface area contributed by atoms with Crippen LogP contribution in [0.25, 0.3) is 0 Å². The first kappa shape index (κ1) is 19.0. The molecule has 2 heterocycles. The van der Waals surface area contributed by atoms with Crippen molar-refractivity contribution in [3.05, 3.63) is 48.0 Å². The number of aromatic nitrogens is 2. The number of anilines is 1. The Kier molecular flexibility index (Phi) is 6.80. The van der Waals surface area contributed by atoms with Crippen molar-refractivity contribution in [2.75, 3.05) is 11.1 Å². The number of rotatable bonds is 8. The summed E-state index contributed by atoms with van der Waals surface area (Å²) >= 11 is 0. The van der Waals surface area contributed by atoms with Crippen molar-refractivity contribution < 1.29 is 9.59 Å². The molecule has 138 valence electrons. The van der Waals surface area contributed by atoms with Gasteiger partial charge in [0, 0.05) is 48.1 Å². The van der Waals surface area contributed by atoms with E-state index in [2.05, 4.69) is 10.3 Å². The molecule has 1 saturated heterocycles. The van der Waals surface area contributed by atoms with Crippen LogP contribution in [-0.4, -0.2) is 32.2 Å². The Labute approximate surface area is 161 Å². The van der Waals surface area contributed by atoms with E-state index in [1.54, 1.807) is 48.3 Å². The van der Waals surface area contributed by atoms with Crippen LogP contribution < -0.4 is 5.32 Å². The summed E-state index contributed by atoms with van der Waals surface area (Å²) in [6.45, 7) is 0. The van der Waals surface area contributed by atoms with Crippen LogP contribution in [0.3, 0.4) is 0 Å². The molecule has 1 aliphatic rings. The number of imidazole rings is 1. The highest BCUT2D eigenvalue weighted by atomic mass is 33.1. The Morgan fingerprint density at radius 1 is 1.35 bits per heavy atom. The fourth-order valence-corrected chi connectivity index (χ4v) is 5.92. The lowest BCUT2D eigenvalue weighted by Gasteiger charge is -2.08. The summed E-state index contributed by atoms with van der Waals surface area (Å²) in [5.41, 5.74) is 1.17. The zero-order valence-corrected chi connectivity index (χ0v) is 16.4. The number of ketones is 1. The number of nitrogens with one attached hydrogen (secondary N) is 1. The van der Waals surface area contributed by atoms with E-state index < -0.39 is 0 Å². The van der Waals surface area contributed by atoms with E-state index in [0.29, 0.717) is 23.5 Å². The quantitative estimate of drug-likeness (QED) is 0.414. The first-order valence-electron chi connectivity index (χ1n) is 8.83. The number of hydrogen-bond donors (Lipinski definition) is 1. The second-order valence-electron chi connectivity index (χ2n) is 6.39. The molecular weight excluding hydrogens is 366 g/mol. The number of aryl methyl sites for hydroxylation is 1. The van der Waals surface area contributed by atoms with E-state index in [0.717, 1.165) is 18.1 Å². The number of nitrogens with zero attached hydrogens (tertiary/aromatic N) is 2. The van der Waals surface area contributed by atoms with Crippen molar-refractivity contribution in [1.82, 2.24) is 9.55 Å². The molecule has 0 saturated carbocycles. The van der Waals surface area contributed by atoms with Crippen molar-refractivity contribution in [1.29, 1.82) is 0 Å². The summed E-state index contributed by atoms with van der Waals surface area (Å²) < 4.78 is 1.69. The SMILES string of the molecule is Cn1ccnc1C(=O)c1cccc(NC(=O)CCCC[C@@H]2CCSS2)c1. The van der Waals surface area contributed by atoms with E-state index in [4.69, 9.17) is 0 Å². The molecule has 0 spiro atoms. The summed E-state index contributed by atoms with van der Waals surface area (Å²) in [6.07, 6.45) is 8.32. The molecule has 26 heavy (non-hydrogen) atoms. The molecule has 1 aromatic carbocycles. The van der Waals surface area contributed by atoms with E-state index in [-0.39, 0.29) is 11.7 Å². The van der Waals surface area contributed by atoms with Gasteiger partial charge in [0.15, 0.2) is 5.82 Å². The third kappa shape index (κ3) is 5.14. The number of carbonyl (C=O) groups is 2. The standard InChI is InChI=1S/C19H23N3O2S2/c1-22-11-10-20-19(22)18(24)14-5-4-6-15(13-14)21-17(23)8-3-2-7-16-9-12-25-26-16/h4-6,10-11,13,16H,2-3,7-9,12H2,1H3,(H,21,23)/t16-/m1/s1. The average molecular weight is 390 g/mol. The number of carbonyl (C=O) groups excluding carboxylic acids is 2. The molecule has 0 unspecified atom stereocenters. The molecule has 1 fully saturated rings. The maximum atomic E-state index is 12.5. The molecule has 3 rings (SSSR count). The summed E-state index contributed by atoms with van der Waals surface area (Å²) in [5, 5.41) is 3.66. The Bertz CT molecular complexity index is 770. The van der Waals surface area contributed by atoms with Crippen LogP contribution >= 0.6 is 21.6 Å². The van der Waals surface area contributed by atoms with Crippen molar-refractivity contribution in [2.24, 2.45) is 7.05 Å². The van der Waals surface area contributed by atoms with Gasteiger partial charge in [-0.1, -0.05) is 40.1 Å². The third-order valence-corrected chi connectivity index (χ3v) is 7.35. The minimum atomic E-state index is -0.152. The molecule has 0 aliphatic carbocycles.